The Morgan fingerprint density at radius 2 is 1.95 bits per heavy atom. The number of benzene rings is 1. The fourth-order valence-corrected chi connectivity index (χ4v) is 3.30. The van der Waals surface area contributed by atoms with Crippen LogP contribution in [0.25, 0.3) is 5.76 Å². The van der Waals surface area contributed by atoms with Gasteiger partial charge >= 0.3 is 5.97 Å². The molecule has 0 radical (unpaired) electrons. The highest BCUT2D eigenvalue weighted by atomic mass is 16.6. The highest BCUT2D eigenvalue weighted by Crippen LogP contribution is 2.47. The number of ether oxygens (including phenoxy) is 2. The molecular weight excluding hydrogens is 252 g/mol. The molecule has 1 aliphatic carbocycles. The Labute approximate surface area is 119 Å². The van der Waals surface area contributed by atoms with E-state index in [0.717, 1.165) is 37.0 Å². The molecule has 3 rings (SSSR count). The van der Waals surface area contributed by atoms with Crippen LogP contribution >= 0.6 is 0 Å². The molecule has 2 aliphatic rings. The summed E-state index contributed by atoms with van der Waals surface area (Å²) in [6.07, 6.45) is 7.44. The molecule has 1 aromatic carbocycles. The summed E-state index contributed by atoms with van der Waals surface area (Å²) in [6, 6.07) is 9.89. The van der Waals surface area contributed by atoms with Crippen LogP contribution in [0.15, 0.2) is 36.4 Å². The lowest BCUT2D eigenvalue weighted by molar-refractivity contribution is -0.212. The molecule has 3 nitrogen and oxygen atoms in total. The van der Waals surface area contributed by atoms with Crippen LogP contribution < -0.4 is 0 Å². The van der Waals surface area contributed by atoms with E-state index in [1.54, 1.807) is 7.11 Å². The van der Waals surface area contributed by atoms with E-state index in [2.05, 4.69) is 0 Å². The van der Waals surface area contributed by atoms with Crippen molar-refractivity contribution >= 4 is 11.7 Å². The number of hydrogen-bond donors (Lipinski definition) is 0. The molecule has 1 aliphatic heterocycles. The maximum atomic E-state index is 11.9. The molecule has 2 fully saturated rings. The highest BCUT2D eigenvalue weighted by Gasteiger charge is 2.55. The first-order valence-electron chi connectivity index (χ1n) is 7.29. The normalized spacial score (nSPS) is 24.9. The summed E-state index contributed by atoms with van der Waals surface area (Å²) in [6.45, 7) is 0. The van der Waals surface area contributed by atoms with E-state index >= 15 is 0 Å². The van der Waals surface area contributed by atoms with Gasteiger partial charge in [-0.05, 0) is 31.8 Å². The molecule has 0 N–H and O–H groups in total. The van der Waals surface area contributed by atoms with Crippen molar-refractivity contribution in [2.75, 3.05) is 7.11 Å². The molecule has 3 heteroatoms. The largest absolute Gasteiger partial charge is 0.496 e. The summed E-state index contributed by atoms with van der Waals surface area (Å²) in [5.74, 6) is 0.493. The van der Waals surface area contributed by atoms with Crippen LogP contribution in [0.3, 0.4) is 0 Å². The van der Waals surface area contributed by atoms with E-state index in [1.165, 1.54) is 6.42 Å². The molecule has 1 saturated heterocycles. The summed E-state index contributed by atoms with van der Waals surface area (Å²) < 4.78 is 11.0. The van der Waals surface area contributed by atoms with Gasteiger partial charge in [0.25, 0.3) is 0 Å². The Kier molecular flexibility index (Phi) is 3.51. The maximum Gasteiger partial charge on any atom is 0.317 e. The van der Waals surface area contributed by atoms with Crippen LogP contribution in [0.5, 0.6) is 0 Å². The van der Waals surface area contributed by atoms with Crippen molar-refractivity contribution in [3.63, 3.8) is 0 Å². The SMILES string of the molecule is CO/C(=C\C1C(=O)OC12CCCCC2)c1ccccc1. The van der Waals surface area contributed by atoms with Crippen LogP contribution in [0.2, 0.25) is 0 Å². The third kappa shape index (κ3) is 2.21. The predicted octanol–water partition coefficient (Wildman–Crippen LogP) is 3.55. The van der Waals surface area contributed by atoms with Crippen molar-refractivity contribution in [3.05, 3.63) is 42.0 Å². The maximum absolute atomic E-state index is 11.9. The number of carbonyl (C=O) groups excluding carboxylic acids is 1. The summed E-state index contributed by atoms with van der Waals surface area (Å²) in [4.78, 5) is 11.9. The average Bonchev–Trinajstić information content (AvgIpc) is 2.50. The van der Waals surface area contributed by atoms with Crippen LogP contribution in [0.4, 0.5) is 0 Å². The molecule has 1 spiro atoms. The summed E-state index contributed by atoms with van der Waals surface area (Å²) in [7, 11) is 1.65. The van der Waals surface area contributed by atoms with Crippen molar-refractivity contribution < 1.29 is 14.3 Å². The monoisotopic (exact) mass is 272 g/mol. The molecule has 0 amide bonds. The first kappa shape index (κ1) is 13.2. The van der Waals surface area contributed by atoms with Gasteiger partial charge in [-0.3, -0.25) is 4.79 Å². The Morgan fingerprint density at radius 1 is 1.25 bits per heavy atom. The number of carbonyl (C=O) groups is 1. The third-order valence-corrected chi connectivity index (χ3v) is 4.42. The van der Waals surface area contributed by atoms with Crippen LogP contribution in [0.1, 0.15) is 37.7 Å². The van der Waals surface area contributed by atoms with Crippen molar-refractivity contribution in [2.24, 2.45) is 5.92 Å². The van der Waals surface area contributed by atoms with Gasteiger partial charge in [-0.1, -0.05) is 36.8 Å². The molecule has 0 aromatic heterocycles. The highest BCUT2D eigenvalue weighted by molar-refractivity contribution is 5.84. The molecule has 1 heterocycles. The number of rotatable bonds is 3. The zero-order valence-corrected chi connectivity index (χ0v) is 11.8. The van der Waals surface area contributed by atoms with Gasteiger partial charge in [0.2, 0.25) is 0 Å². The summed E-state index contributed by atoms with van der Waals surface area (Å²) in [5.41, 5.74) is 0.745. The minimum Gasteiger partial charge on any atom is -0.496 e. The van der Waals surface area contributed by atoms with E-state index in [0.29, 0.717) is 0 Å². The molecule has 1 aromatic rings. The molecule has 1 saturated carbocycles. The van der Waals surface area contributed by atoms with Gasteiger partial charge in [0, 0.05) is 5.56 Å². The standard InChI is InChI=1S/C17H20O3/c1-19-15(13-8-4-2-5-9-13)12-14-16(18)20-17(14)10-6-3-7-11-17/h2,4-5,8-9,12,14H,3,6-7,10-11H2,1H3/b15-12-. The Bertz CT molecular complexity index is 512. The Hall–Kier alpha value is -1.77. The minimum atomic E-state index is -0.256. The second-order valence-electron chi connectivity index (χ2n) is 5.63. The topological polar surface area (TPSA) is 35.5 Å². The molecule has 0 bridgehead atoms. The first-order valence-corrected chi connectivity index (χ1v) is 7.29. The molecule has 1 unspecified atom stereocenters. The Balaban J connectivity index is 1.87. The summed E-state index contributed by atoms with van der Waals surface area (Å²) in [5, 5.41) is 0. The number of methoxy groups -OCH3 is 1. The molecule has 106 valence electrons. The van der Waals surface area contributed by atoms with E-state index < -0.39 is 0 Å². The molecule has 20 heavy (non-hydrogen) atoms. The second kappa shape index (κ2) is 5.31. The van der Waals surface area contributed by atoms with Gasteiger partial charge in [-0.25, -0.2) is 0 Å². The van der Waals surface area contributed by atoms with Crippen molar-refractivity contribution in [1.82, 2.24) is 0 Å². The van der Waals surface area contributed by atoms with E-state index in [9.17, 15) is 4.79 Å². The van der Waals surface area contributed by atoms with E-state index in [4.69, 9.17) is 9.47 Å². The van der Waals surface area contributed by atoms with Gasteiger partial charge in [0.15, 0.2) is 0 Å². The fourth-order valence-electron chi connectivity index (χ4n) is 3.30. The Morgan fingerprint density at radius 3 is 2.55 bits per heavy atom. The van der Waals surface area contributed by atoms with Gasteiger partial charge in [-0.15, -0.1) is 0 Å². The molecular formula is C17H20O3. The molecule has 1 atom stereocenters. The lowest BCUT2D eigenvalue weighted by atomic mass is 9.71. The average molecular weight is 272 g/mol. The van der Waals surface area contributed by atoms with Gasteiger partial charge in [0.1, 0.15) is 17.3 Å². The van der Waals surface area contributed by atoms with Gasteiger partial charge in [0.05, 0.1) is 7.11 Å². The third-order valence-electron chi connectivity index (χ3n) is 4.42. The van der Waals surface area contributed by atoms with Gasteiger partial charge in [-0.2, -0.15) is 0 Å². The van der Waals surface area contributed by atoms with Crippen molar-refractivity contribution in [2.45, 2.75) is 37.7 Å². The summed E-state index contributed by atoms with van der Waals surface area (Å²) >= 11 is 0. The van der Waals surface area contributed by atoms with Crippen molar-refractivity contribution in [1.29, 1.82) is 0 Å². The predicted molar refractivity (Wildman–Crippen MR) is 76.8 cm³/mol. The van der Waals surface area contributed by atoms with Crippen LogP contribution in [-0.4, -0.2) is 18.7 Å². The lowest BCUT2D eigenvalue weighted by Crippen LogP contribution is -2.57. The minimum absolute atomic E-state index is 0.114. The van der Waals surface area contributed by atoms with Crippen LogP contribution in [-0.2, 0) is 14.3 Å². The van der Waals surface area contributed by atoms with E-state index in [-0.39, 0.29) is 17.5 Å². The zero-order valence-electron chi connectivity index (χ0n) is 11.8. The van der Waals surface area contributed by atoms with Crippen LogP contribution in [0, 0.1) is 5.92 Å². The fraction of sp³-hybridized carbons (Fsp3) is 0.471. The van der Waals surface area contributed by atoms with Gasteiger partial charge < -0.3 is 9.47 Å². The zero-order chi connectivity index (χ0) is 14.0. The van der Waals surface area contributed by atoms with Crippen molar-refractivity contribution in [3.8, 4) is 0 Å². The van der Waals surface area contributed by atoms with E-state index in [1.807, 2.05) is 36.4 Å². The number of hydrogen-bond acceptors (Lipinski definition) is 3. The second-order valence-corrected chi connectivity index (χ2v) is 5.63. The quantitative estimate of drug-likeness (QED) is 0.623. The first-order chi connectivity index (χ1) is 9.75. The smallest absolute Gasteiger partial charge is 0.317 e. The lowest BCUT2D eigenvalue weighted by Gasteiger charge is -2.48. The number of esters is 1.